The first kappa shape index (κ1) is 20.3. The van der Waals surface area contributed by atoms with Crippen molar-refractivity contribution in [2.45, 2.75) is 17.9 Å². The highest BCUT2D eigenvalue weighted by Gasteiger charge is 2.30. The third-order valence-electron chi connectivity index (χ3n) is 5.69. The molecule has 6 nitrogen and oxygen atoms in total. The van der Waals surface area contributed by atoms with Gasteiger partial charge in [0.2, 0.25) is 10.0 Å². The highest BCUT2D eigenvalue weighted by molar-refractivity contribution is 7.89. The van der Waals surface area contributed by atoms with Gasteiger partial charge in [0, 0.05) is 39.3 Å². The van der Waals surface area contributed by atoms with E-state index in [1.165, 1.54) is 28.1 Å². The maximum absolute atomic E-state index is 13.2. The van der Waals surface area contributed by atoms with E-state index in [9.17, 15) is 13.2 Å². The van der Waals surface area contributed by atoms with E-state index < -0.39 is 10.0 Å². The summed E-state index contributed by atoms with van der Waals surface area (Å²) in [6.07, 6.45) is 0.777. The van der Waals surface area contributed by atoms with Crippen LogP contribution in [0.3, 0.4) is 0 Å². The topological polar surface area (TPSA) is 60.9 Å². The number of hydrogen-bond acceptors (Lipinski definition) is 4. The van der Waals surface area contributed by atoms with Crippen LogP contribution in [0.1, 0.15) is 21.5 Å². The molecule has 2 aliphatic heterocycles. The van der Waals surface area contributed by atoms with Gasteiger partial charge in [-0.3, -0.25) is 4.79 Å². The van der Waals surface area contributed by atoms with Crippen LogP contribution >= 0.6 is 11.6 Å². The second-order valence-electron chi connectivity index (χ2n) is 7.59. The van der Waals surface area contributed by atoms with Gasteiger partial charge in [-0.25, -0.2) is 8.42 Å². The van der Waals surface area contributed by atoms with Crippen molar-refractivity contribution < 1.29 is 13.2 Å². The molecule has 0 spiro atoms. The monoisotopic (exact) mass is 433 g/mol. The van der Waals surface area contributed by atoms with Crippen molar-refractivity contribution in [3.8, 4) is 0 Å². The van der Waals surface area contributed by atoms with Gasteiger partial charge in [0.1, 0.15) is 0 Å². The molecular formula is C21H24ClN3O3S. The van der Waals surface area contributed by atoms with E-state index in [1.54, 1.807) is 4.90 Å². The number of sulfonamides is 1. The first-order valence-corrected chi connectivity index (χ1v) is 11.5. The van der Waals surface area contributed by atoms with Gasteiger partial charge < -0.3 is 9.80 Å². The molecule has 0 aromatic heterocycles. The van der Waals surface area contributed by atoms with Gasteiger partial charge >= 0.3 is 0 Å². The van der Waals surface area contributed by atoms with E-state index in [4.69, 9.17) is 11.6 Å². The summed E-state index contributed by atoms with van der Waals surface area (Å²) in [6, 6.07) is 12.5. The molecule has 154 valence electrons. The Labute approximate surface area is 176 Å². The van der Waals surface area contributed by atoms with Crippen molar-refractivity contribution in [2.75, 3.05) is 39.8 Å². The molecule has 0 bridgehead atoms. The van der Waals surface area contributed by atoms with E-state index in [0.717, 1.165) is 12.0 Å². The minimum atomic E-state index is -3.66. The van der Waals surface area contributed by atoms with E-state index in [2.05, 4.69) is 11.0 Å². The Hall–Kier alpha value is -1.93. The van der Waals surface area contributed by atoms with E-state index in [1.807, 2.05) is 25.2 Å². The maximum atomic E-state index is 13.2. The van der Waals surface area contributed by atoms with Gasteiger partial charge in [-0.1, -0.05) is 35.9 Å². The number of carbonyl (C=O) groups is 1. The van der Waals surface area contributed by atoms with Crippen LogP contribution in [0.5, 0.6) is 0 Å². The van der Waals surface area contributed by atoms with Crippen molar-refractivity contribution in [3.63, 3.8) is 0 Å². The zero-order chi connectivity index (χ0) is 20.6. The lowest BCUT2D eigenvalue weighted by molar-refractivity contribution is 0.0734. The number of piperazine rings is 1. The molecular weight excluding hydrogens is 410 g/mol. The molecule has 0 atom stereocenters. The molecule has 0 unspecified atom stereocenters. The molecule has 2 aliphatic rings. The first-order chi connectivity index (χ1) is 13.9. The second-order valence-corrected chi connectivity index (χ2v) is 9.94. The standard InChI is InChI=1S/C21H24ClN3O3S/c1-23-10-12-25(13-11-23)29(27,28)18-6-7-20(22)19(14-18)21(26)24-9-8-16-4-2-3-5-17(16)15-24/h2-7,14H,8-13,15H2,1H3. The van der Waals surface area contributed by atoms with Gasteiger partial charge in [-0.2, -0.15) is 4.31 Å². The molecule has 2 aromatic carbocycles. The lowest BCUT2D eigenvalue weighted by Gasteiger charge is -2.32. The average Bonchev–Trinajstić information content (AvgIpc) is 2.73. The molecule has 1 saturated heterocycles. The molecule has 2 aromatic rings. The van der Waals surface area contributed by atoms with Crippen LogP contribution in [0.4, 0.5) is 0 Å². The largest absolute Gasteiger partial charge is 0.334 e. The smallest absolute Gasteiger partial charge is 0.255 e. The highest BCUT2D eigenvalue weighted by atomic mass is 35.5. The highest BCUT2D eigenvalue weighted by Crippen LogP contribution is 2.27. The molecule has 0 saturated carbocycles. The van der Waals surface area contributed by atoms with Gasteiger partial charge in [-0.05, 0) is 42.8 Å². The molecule has 0 radical (unpaired) electrons. The van der Waals surface area contributed by atoms with Crippen molar-refractivity contribution >= 4 is 27.5 Å². The number of nitrogens with zero attached hydrogens (tertiary/aromatic N) is 3. The number of halogens is 1. The number of rotatable bonds is 3. The Kier molecular flexibility index (Phi) is 5.66. The second kappa shape index (κ2) is 8.07. The molecule has 4 rings (SSSR count). The fourth-order valence-electron chi connectivity index (χ4n) is 3.85. The molecule has 29 heavy (non-hydrogen) atoms. The zero-order valence-corrected chi connectivity index (χ0v) is 17.9. The molecule has 1 amide bonds. The number of benzene rings is 2. The average molecular weight is 434 g/mol. The molecule has 8 heteroatoms. The Morgan fingerprint density at radius 2 is 1.66 bits per heavy atom. The number of amides is 1. The zero-order valence-electron chi connectivity index (χ0n) is 16.3. The van der Waals surface area contributed by atoms with E-state index in [-0.39, 0.29) is 21.4 Å². The summed E-state index contributed by atoms with van der Waals surface area (Å²) >= 11 is 6.30. The quantitative estimate of drug-likeness (QED) is 0.746. The molecule has 1 fully saturated rings. The summed E-state index contributed by atoms with van der Waals surface area (Å²) in [6.45, 7) is 3.33. The molecule has 2 heterocycles. The summed E-state index contributed by atoms with van der Waals surface area (Å²) in [7, 11) is -1.69. The van der Waals surface area contributed by atoms with Gasteiger partial charge in [0.05, 0.1) is 15.5 Å². The van der Waals surface area contributed by atoms with Crippen molar-refractivity contribution in [1.29, 1.82) is 0 Å². The Balaban J connectivity index is 1.60. The summed E-state index contributed by atoms with van der Waals surface area (Å²) in [5, 5.41) is 0.270. The third kappa shape index (κ3) is 4.05. The van der Waals surface area contributed by atoms with E-state index in [0.29, 0.717) is 39.3 Å². The fraction of sp³-hybridized carbons (Fsp3) is 0.381. The Bertz CT molecular complexity index is 1030. The lowest BCUT2D eigenvalue weighted by Crippen LogP contribution is -2.47. The summed E-state index contributed by atoms with van der Waals surface area (Å²) < 4.78 is 27.6. The lowest BCUT2D eigenvalue weighted by atomic mass is 9.99. The number of fused-ring (bicyclic) bond motifs is 1. The summed E-state index contributed by atoms with van der Waals surface area (Å²) in [4.78, 5) is 17.1. The van der Waals surface area contributed by atoms with Crippen LogP contribution in [-0.4, -0.2) is 68.2 Å². The SMILES string of the molecule is CN1CCN(S(=O)(=O)c2ccc(Cl)c(C(=O)N3CCc4ccccc4C3)c2)CC1. The van der Waals surface area contributed by atoms with Gasteiger partial charge in [0.15, 0.2) is 0 Å². The minimum absolute atomic E-state index is 0.118. The Morgan fingerprint density at radius 1 is 0.966 bits per heavy atom. The number of hydrogen-bond donors (Lipinski definition) is 0. The van der Waals surface area contributed by atoms with Gasteiger partial charge in [0.25, 0.3) is 5.91 Å². The summed E-state index contributed by atoms with van der Waals surface area (Å²) in [5.41, 5.74) is 2.60. The number of likely N-dealkylation sites (N-methyl/N-ethyl adjacent to an activating group) is 1. The first-order valence-electron chi connectivity index (χ1n) is 9.70. The van der Waals surface area contributed by atoms with E-state index >= 15 is 0 Å². The number of carbonyl (C=O) groups excluding carboxylic acids is 1. The molecule has 0 N–H and O–H groups in total. The minimum Gasteiger partial charge on any atom is -0.334 e. The predicted molar refractivity (Wildman–Crippen MR) is 113 cm³/mol. The normalized spacial score (nSPS) is 18.5. The van der Waals surface area contributed by atoms with Crippen molar-refractivity contribution in [3.05, 3.63) is 64.2 Å². The van der Waals surface area contributed by atoms with Crippen LogP contribution in [0, 0.1) is 0 Å². The van der Waals surface area contributed by atoms with Crippen LogP contribution in [0.15, 0.2) is 47.4 Å². The third-order valence-corrected chi connectivity index (χ3v) is 7.91. The van der Waals surface area contributed by atoms with Gasteiger partial charge in [-0.15, -0.1) is 0 Å². The van der Waals surface area contributed by atoms with Crippen LogP contribution < -0.4 is 0 Å². The fourth-order valence-corrected chi connectivity index (χ4v) is 5.49. The van der Waals surface area contributed by atoms with Crippen LogP contribution in [0.25, 0.3) is 0 Å². The molecule has 0 aliphatic carbocycles. The van der Waals surface area contributed by atoms with Crippen LogP contribution in [-0.2, 0) is 23.0 Å². The van der Waals surface area contributed by atoms with Crippen molar-refractivity contribution in [1.82, 2.24) is 14.1 Å². The predicted octanol–water partition coefficient (Wildman–Crippen LogP) is 2.47. The van der Waals surface area contributed by atoms with Crippen LogP contribution in [0.2, 0.25) is 5.02 Å². The van der Waals surface area contributed by atoms with Crippen molar-refractivity contribution in [2.24, 2.45) is 0 Å². The maximum Gasteiger partial charge on any atom is 0.255 e. The Morgan fingerprint density at radius 3 is 2.38 bits per heavy atom. The summed E-state index contributed by atoms with van der Waals surface area (Å²) in [5.74, 6) is -0.236.